The second-order valence-electron chi connectivity index (χ2n) is 5.27. The second kappa shape index (κ2) is 7.73. The summed E-state index contributed by atoms with van der Waals surface area (Å²) >= 11 is 0. The zero-order valence-electron chi connectivity index (χ0n) is 13.3. The first-order chi connectivity index (χ1) is 11.3. The summed E-state index contributed by atoms with van der Waals surface area (Å²) in [7, 11) is 0. The molecule has 0 spiro atoms. The fourth-order valence-corrected chi connectivity index (χ4v) is 1.88. The van der Waals surface area contributed by atoms with Crippen LogP contribution in [0.4, 0.5) is 18.9 Å². The Morgan fingerprint density at radius 2 is 1.88 bits per heavy atom. The normalized spacial score (nSPS) is 10.9. The van der Waals surface area contributed by atoms with Crippen molar-refractivity contribution in [1.29, 1.82) is 0 Å². The number of aromatic nitrogens is 1. The molecule has 1 N–H and O–H groups in total. The van der Waals surface area contributed by atoms with Crippen LogP contribution in [0.3, 0.4) is 0 Å². The van der Waals surface area contributed by atoms with Gasteiger partial charge in [-0.15, -0.1) is 0 Å². The quantitative estimate of drug-likeness (QED) is 0.844. The summed E-state index contributed by atoms with van der Waals surface area (Å²) in [5.74, 6) is 6.57. The zero-order valence-corrected chi connectivity index (χ0v) is 13.3. The number of rotatable bonds is 4. The van der Waals surface area contributed by atoms with Crippen LogP contribution in [0.1, 0.15) is 25.1 Å². The molecule has 0 radical (unpaired) electrons. The van der Waals surface area contributed by atoms with E-state index >= 15 is 0 Å². The highest BCUT2D eigenvalue weighted by molar-refractivity contribution is 5.46. The summed E-state index contributed by atoms with van der Waals surface area (Å²) in [5.41, 5.74) is 0.201. The molecule has 0 saturated carbocycles. The van der Waals surface area contributed by atoms with Crippen LogP contribution < -0.4 is 10.1 Å². The number of hydrogen-bond donors (Lipinski definition) is 1. The Balaban J connectivity index is 1.92. The number of ether oxygens (including phenoxy) is 1. The molecule has 0 aliphatic rings. The van der Waals surface area contributed by atoms with E-state index < -0.39 is 11.9 Å². The molecule has 1 aromatic heterocycles. The van der Waals surface area contributed by atoms with Crippen molar-refractivity contribution in [1.82, 2.24) is 4.98 Å². The van der Waals surface area contributed by atoms with E-state index in [9.17, 15) is 13.2 Å². The van der Waals surface area contributed by atoms with Crippen LogP contribution in [-0.4, -0.2) is 17.6 Å². The van der Waals surface area contributed by atoms with E-state index in [0.29, 0.717) is 5.69 Å². The lowest BCUT2D eigenvalue weighted by Gasteiger charge is -2.08. The van der Waals surface area contributed by atoms with E-state index in [2.05, 4.69) is 22.1 Å². The SMILES string of the molecule is CC(C)Oc1ccc(C#CCNc2ccnc(C(F)(F)F)c2)cc1. The van der Waals surface area contributed by atoms with E-state index in [0.717, 1.165) is 23.6 Å². The molecule has 0 fully saturated rings. The summed E-state index contributed by atoms with van der Waals surface area (Å²) in [4.78, 5) is 3.30. The van der Waals surface area contributed by atoms with Gasteiger partial charge in [0.1, 0.15) is 11.4 Å². The van der Waals surface area contributed by atoms with Gasteiger partial charge in [-0.2, -0.15) is 13.2 Å². The number of anilines is 1. The first kappa shape index (κ1) is 17.7. The monoisotopic (exact) mass is 334 g/mol. The molecule has 0 saturated heterocycles. The summed E-state index contributed by atoms with van der Waals surface area (Å²) in [5, 5.41) is 2.83. The van der Waals surface area contributed by atoms with Gasteiger partial charge in [-0.25, -0.2) is 0 Å². The molecule has 24 heavy (non-hydrogen) atoms. The summed E-state index contributed by atoms with van der Waals surface area (Å²) in [6, 6.07) is 9.75. The Morgan fingerprint density at radius 1 is 1.17 bits per heavy atom. The molecule has 0 unspecified atom stereocenters. The molecule has 2 rings (SSSR count). The van der Waals surface area contributed by atoms with Crippen LogP contribution in [0.15, 0.2) is 42.6 Å². The first-order valence-electron chi connectivity index (χ1n) is 7.37. The highest BCUT2D eigenvalue weighted by atomic mass is 19.4. The first-order valence-corrected chi connectivity index (χ1v) is 7.37. The van der Waals surface area contributed by atoms with Gasteiger partial charge < -0.3 is 10.1 Å². The second-order valence-corrected chi connectivity index (χ2v) is 5.27. The number of pyridine rings is 1. The van der Waals surface area contributed by atoms with Crippen molar-refractivity contribution < 1.29 is 17.9 Å². The van der Waals surface area contributed by atoms with Gasteiger partial charge in [-0.3, -0.25) is 4.98 Å². The Labute approximate surface area is 138 Å². The number of benzene rings is 1. The van der Waals surface area contributed by atoms with E-state index in [1.807, 2.05) is 38.1 Å². The molecule has 0 aliphatic heterocycles. The van der Waals surface area contributed by atoms with Crippen LogP contribution in [0, 0.1) is 11.8 Å². The molecule has 126 valence electrons. The van der Waals surface area contributed by atoms with Crippen molar-refractivity contribution in [2.75, 3.05) is 11.9 Å². The van der Waals surface area contributed by atoms with Crippen molar-refractivity contribution in [2.45, 2.75) is 26.1 Å². The van der Waals surface area contributed by atoms with Crippen molar-refractivity contribution >= 4 is 5.69 Å². The fourth-order valence-electron chi connectivity index (χ4n) is 1.88. The third-order valence-electron chi connectivity index (χ3n) is 2.89. The van der Waals surface area contributed by atoms with Gasteiger partial charge in [0.2, 0.25) is 0 Å². The molecule has 0 atom stereocenters. The Bertz CT molecular complexity index is 728. The summed E-state index contributed by atoms with van der Waals surface area (Å²) in [6.07, 6.45) is -3.23. The van der Waals surface area contributed by atoms with E-state index in [-0.39, 0.29) is 12.6 Å². The molecule has 2 aromatic rings. The number of halogens is 3. The van der Waals surface area contributed by atoms with Gasteiger partial charge in [0, 0.05) is 17.4 Å². The highest BCUT2D eigenvalue weighted by Crippen LogP contribution is 2.28. The molecule has 1 aromatic carbocycles. The Hall–Kier alpha value is -2.68. The maximum atomic E-state index is 12.6. The average Bonchev–Trinajstić information content (AvgIpc) is 2.52. The predicted octanol–water partition coefficient (Wildman–Crippen LogP) is 4.35. The van der Waals surface area contributed by atoms with Crippen LogP contribution in [-0.2, 0) is 6.18 Å². The maximum Gasteiger partial charge on any atom is 0.433 e. The minimum atomic E-state index is -4.46. The molecule has 0 amide bonds. The van der Waals surface area contributed by atoms with Gasteiger partial charge in [0.25, 0.3) is 0 Å². The number of alkyl halides is 3. The van der Waals surface area contributed by atoms with Crippen molar-refractivity contribution in [3.63, 3.8) is 0 Å². The maximum absolute atomic E-state index is 12.6. The third-order valence-corrected chi connectivity index (χ3v) is 2.89. The largest absolute Gasteiger partial charge is 0.491 e. The summed E-state index contributed by atoms with van der Waals surface area (Å²) in [6.45, 7) is 4.12. The standard InChI is InChI=1S/C18H17F3N2O/c1-13(2)24-16-7-5-14(6-8-16)4-3-10-22-15-9-11-23-17(12-15)18(19,20)21/h5-9,11-13H,10H2,1-2H3,(H,22,23). The average molecular weight is 334 g/mol. The Morgan fingerprint density at radius 3 is 2.50 bits per heavy atom. The van der Waals surface area contributed by atoms with E-state index in [1.54, 1.807) is 0 Å². The minimum Gasteiger partial charge on any atom is -0.491 e. The van der Waals surface area contributed by atoms with Gasteiger partial charge in [0.05, 0.1) is 12.6 Å². The van der Waals surface area contributed by atoms with E-state index in [4.69, 9.17) is 4.74 Å². The number of hydrogen-bond acceptors (Lipinski definition) is 3. The molecule has 0 aliphatic carbocycles. The van der Waals surface area contributed by atoms with Crippen LogP contribution >= 0.6 is 0 Å². The molecule has 0 bridgehead atoms. The minimum absolute atomic E-state index is 0.105. The van der Waals surface area contributed by atoms with Gasteiger partial charge in [-0.05, 0) is 50.2 Å². The zero-order chi connectivity index (χ0) is 17.6. The lowest BCUT2D eigenvalue weighted by Crippen LogP contribution is -2.09. The molecule has 3 nitrogen and oxygen atoms in total. The number of nitrogens with zero attached hydrogens (tertiary/aromatic N) is 1. The molecular formula is C18H17F3N2O. The van der Waals surface area contributed by atoms with E-state index in [1.165, 1.54) is 6.07 Å². The van der Waals surface area contributed by atoms with Crippen LogP contribution in [0.2, 0.25) is 0 Å². The van der Waals surface area contributed by atoms with Gasteiger partial charge in [0.15, 0.2) is 0 Å². The lowest BCUT2D eigenvalue weighted by molar-refractivity contribution is -0.141. The lowest BCUT2D eigenvalue weighted by atomic mass is 10.2. The van der Waals surface area contributed by atoms with Gasteiger partial charge in [-0.1, -0.05) is 11.8 Å². The van der Waals surface area contributed by atoms with Crippen molar-refractivity contribution in [2.24, 2.45) is 0 Å². The Kier molecular flexibility index (Phi) is 5.69. The van der Waals surface area contributed by atoms with Gasteiger partial charge >= 0.3 is 6.18 Å². The van der Waals surface area contributed by atoms with Crippen LogP contribution in [0.25, 0.3) is 0 Å². The third kappa shape index (κ3) is 5.51. The topological polar surface area (TPSA) is 34.1 Å². The number of nitrogens with one attached hydrogen (secondary N) is 1. The fraction of sp³-hybridized carbons (Fsp3) is 0.278. The molecule has 6 heteroatoms. The van der Waals surface area contributed by atoms with Crippen molar-refractivity contribution in [3.8, 4) is 17.6 Å². The van der Waals surface area contributed by atoms with Crippen LogP contribution in [0.5, 0.6) is 5.75 Å². The molecule has 1 heterocycles. The summed E-state index contributed by atoms with van der Waals surface area (Å²) < 4.78 is 43.2. The molecular weight excluding hydrogens is 317 g/mol. The predicted molar refractivity (Wildman–Crippen MR) is 86.8 cm³/mol. The van der Waals surface area contributed by atoms with Crippen molar-refractivity contribution in [3.05, 3.63) is 53.9 Å². The smallest absolute Gasteiger partial charge is 0.433 e. The highest BCUT2D eigenvalue weighted by Gasteiger charge is 2.32.